The molecule has 0 bridgehead atoms. The van der Waals surface area contributed by atoms with Crippen LogP contribution >= 0.6 is 0 Å². The topological polar surface area (TPSA) is 34.0 Å². The molecular formula is C19H34N2O. The van der Waals surface area contributed by atoms with Crippen molar-refractivity contribution in [2.75, 3.05) is 0 Å². The SMILES string of the molecule is CCCCCn1c(C(C)(C)C)ccc(CNC(C)CC)c1=O. The summed E-state index contributed by atoms with van der Waals surface area (Å²) < 4.78 is 2.00. The van der Waals surface area contributed by atoms with Gasteiger partial charge in [-0.25, -0.2) is 0 Å². The van der Waals surface area contributed by atoms with Gasteiger partial charge in [0.2, 0.25) is 0 Å². The lowest BCUT2D eigenvalue weighted by Gasteiger charge is -2.25. The van der Waals surface area contributed by atoms with Gasteiger partial charge >= 0.3 is 0 Å². The Kier molecular flexibility index (Phi) is 7.34. The first-order valence-corrected chi connectivity index (χ1v) is 8.77. The summed E-state index contributed by atoms with van der Waals surface area (Å²) in [6.45, 7) is 14.5. The number of hydrogen-bond acceptors (Lipinski definition) is 2. The molecule has 0 spiro atoms. The van der Waals surface area contributed by atoms with E-state index >= 15 is 0 Å². The van der Waals surface area contributed by atoms with E-state index < -0.39 is 0 Å². The number of nitrogens with zero attached hydrogens (tertiary/aromatic N) is 1. The van der Waals surface area contributed by atoms with Gasteiger partial charge in [-0.1, -0.05) is 53.5 Å². The molecule has 0 saturated heterocycles. The number of aromatic nitrogens is 1. The van der Waals surface area contributed by atoms with Crippen LogP contribution in [0.2, 0.25) is 0 Å². The van der Waals surface area contributed by atoms with Crippen LogP contribution in [-0.4, -0.2) is 10.6 Å². The van der Waals surface area contributed by atoms with Crippen LogP contribution in [0.4, 0.5) is 0 Å². The fourth-order valence-electron chi connectivity index (χ4n) is 2.58. The van der Waals surface area contributed by atoms with Crippen LogP contribution in [0.15, 0.2) is 16.9 Å². The second-order valence-electron chi connectivity index (χ2n) is 7.35. The molecule has 3 nitrogen and oxygen atoms in total. The highest BCUT2D eigenvalue weighted by molar-refractivity contribution is 5.21. The number of hydrogen-bond donors (Lipinski definition) is 1. The summed E-state index contributed by atoms with van der Waals surface area (Å²) in [6, 6.07) is 4.59. The van der Waals surface area contributed by atoms with Crippen molar-refractivity contribution in [3.8, 4) is 0 Å². The molecule has 0 aliphatic carbocycles. The quantitative estimate of drug-likeness (QED) is 0.729. The lowest BCUT2D eigenvalue weighted by Crippen LogP contribution is -2.34. The summed E-state index contributed by atoms with van der Waals surface area (Å²) >= 11 is 0. The highest BCUT2D eigenvalue weighted by atomic mass is 16.1. The first-order chi connectivity index (χ1) is 10.3. The van der Waals surface area contributed by atoms with E-state index in [1.807, 2.05) is 10.6 Å². The zero-order valence-electron chi connectivity index (χ0n) is 15.3. The maximum absolute atomic E-state index is 12.9. The van der Waals surface area contributed by atoms with Gasteiger partial charge < -0.3 is 9.88 Å². The van der Waals surface area contributed by atoms with E-state index in [1.165, 1.54) is 12.8 Å². The smallest absolute Gasteiger partial charge is 0.255 e. The van der Waals surface area contributed by atoms with Crippen molar-refractivity contribution >= 4 is 0 Å². The van der Waals surface area contributed by atoms with Gasteiger partial charge in [0.15, 0.2) is 0 Å². The Morgan fingerprint density at radius 1 is 1.18 bits per heavy atom. The molecule has 0 amide bonds. The van der Waals surface area contributed by atoms with Crippen molar-refractivity contribution in [1.82, 2.24) is 9.88 Å². The average molecular weight is 306 g/mol. The maximum Gasteiger partial charge on any atom is 0.255 e. The summed E-state index contributed by atoms with van der Waals surface area (Å²) in [5, 5.41) is 3.43. The third-order valence-corrected chi connectivity index (χ3v) is 4.26. The van der Waals surface area contributed by atoms with Crippen LogP contribution < -0.4 is 10.9 Å². The zero-order chi connectivity index (χ0) is 16.8. The molecule has 22 heavy (non-hydrogen) atoms. The van der Waals surface area contributed by atoms with E-state index in [4.69, 9.17) is 0 Å². The van der Waals surface area contributed by atoms with E-state index in [0.717, 1.165) is 30.6 Å². The van der Waals surface area contributed by atoms with Crippen LogP contribution in [0.1, 0.15) is 78.5 Å². The van der Waals surface area contributed by atoms with Crippen LogP contribution in [0.25, 0.3) is 0 Å². The molecule has 1 atom stereocenters. The van der Waals surface area contributed by atoms with E-state index in [-0.39, 0.29) is 11.0 Å². The highest BCUT2D eigenvalue weighted by Crippen LogP contribution is 2.21. The van der Waals surface area contributed by atoms with Crippen LogP contribution in [0, 0.1) is 0 Å². The van der Waals surface area contributed by atoms with E-state index in [2.05, 4.69) is 52.9 Å². The van der Waals surface area contributed by atoms with Crippen molar-refractivity contribution in [1.29, 1.82) is 0 Å². The van der Waals surface area contributed by atoms with Crippen LogP contribution in [0.3, 0.4) is 0 Å². The lowest BCUT2D eigenvalue weighted by atomic mass is 9.90. The maximum atomic E-state index is 12.9. The second-order valence-corrected chi connectivity index (χ2v) is 7.35. The van der Waals surface area contributed by atoms with Gasteiger partial charge in [0.1, 0.15) is 0 Å². The Hall–Kier alpha value is -1.09. The largest absolute Gasteiger partial charge is 0.312 e. The Balaban J connectivity index is 3.07. The monoisotopic (exact) mass is 306 g/mol. The molecule has 0 fully saturated rings. The molecule has 0 aliphatic rings. The minimum Gasteiger partial charge on any atom is -0.312 e. The van der Waals surface area contributed by atoms with Gasteiger partial charge in [0.05, 0.1) is 0 Å². The molecule has 1 aromatic heterocycles. The fourth-order valence-corrected chi connectivity index (χ4v) is 2.58. The predicted octanol–water partition coefficient (Wildman–Crippen LogP) is 4.22. The fraction of sp³-hybridized carbons (Fsp3) is 0.737. The Morgan fingerprint density at radius 2 is 1.86 bits per heavy atom. The Bertz CT molecular complexity index is 511. The number of unbranched alkanes of at least 4 members (excludes halogenated alkanes) is 2. The van der Waals surface area contributed by atoms with Crippen molar-refractivity contribution in [3.05, 3.63) is 33.7 Å². The van der Waals surface area contributed by atoms with Crippen molar-refractivity contribution in [2.45, 2.75) is 91.8 Å². The summed E-state index contributed by atoms with van der Waals surface area (Å²) in [4.78, 5) is 12.9. The van der Waals surface area contributed by atoms with E-state index in [9.17, 15) is 4.79 Å². The van der Waals surface area contributed by atoms with Gasteiger partial charge in [-0.05, 0) is 25.8 Å². The third-order valence-electron chi connectivity index (χ3n) is 4.26. The van der Waals surface area contributed by atoms with Gasteiger partial charge in [-0.15, -0.1) is 0 Å². The van der Waals surface area contributed by atoms with Gasteiger partial charge in [0, 0.05) is 35.8 Å². The van der Waals surface area contributed by atoms with Crippen LogP contribution in [-0.2, 0) is 18.5 Å². The highest BCUT2D eigenvalue weighted by Gasteiger charge is 2.20. The Labute approximate surface area is 136 Å². The molecular weight excluding hydrogens is 272 g/mol. The van der Waals surface area contributed by atoms with Gasteiger partial charge in [-0.3, -0.25) is 4.79 Å². The number of pyridine rings is 1. The van der Waals surface area contributed by atoms with Crippen LogP contribution in [0.5, 0.6) is 0 Å². The zero-order valence-corrected chi connectivity index (χ0v) is 15.3. The lowest BCUT2D eigenvalue weighted by molar-refractivity contribution is 0.476. The second kappa shape index (κ2) is 8.52. The Morgan fingerprint density at radius 3 is 2.41 bits per heavy atom. The van der Waals surface area contributed by atoms with Crippen molar-refractivity contribution < 1.29 is 0 Å². The minimum atomic E-state index is -0.00591. The van der Waals surface area contributed by atoms with Gasteiger partial charge in [-0.2, -0.15) is 0 Å². The summed E-state index contributed by atoms with van der Waals surface area (Å²) in [5.41, 5.74) is 2.19. The standard InChI is InChI=1S/C19H34N2O/c1-7-9-10-13-21-17(19(4,5)6)12-11-16(18(21)22)14-20-15(3)8-2/h11-12,15,20H,7-10,13-14H2,1-6H3. The van der Waals surface area contributed by atoms with E-state index in [1.54, 1.807) is 0 Å². The first kappa shape index (κ1) is 19.0. The first-order valence-electron chi connectivity index (χ1n) is 8.77. The minimum absolute atomic E-state index is 0.00591. The third kappa shape index (κ3) is 5.28. The number of rotatable bonds is 8. The molecule has 1 aromatic rings. The van der Waals surface area contributed by atoms with Crippen molar-refractivity contribution in [3.63, 3.8) is 0 Å². The molecule has 0 aromatic carbocycles. The molecule has 1 unspecified atom stereocenters. The molecule has 3 heteroatoms. The molecule has 1 heterocycles. The predicted molar refractivity (Wildman–Crippen MR) is 95.5 cm³/mol. The molecule has 1 N–H and O–H groups in total. The molecule has 1 rings (SSSR count). The molecule has 0 radical (unpaired) electrons. The average Bonchev–Trinajstić information content (AvgIpc) is 2.46. The normalized spacial score (nSPS) is 13.4. The van der Waals surface area contributed by atoms with E-state index in [0.29, 0.717) is 12.6 Å². The summed E-state index contributed by atoms with van der Waals surface area (Å²) in [7, 11) is 0. The van der Waals surface area contributed by atoms with Gasteiger partial charge in [0.25, 0.3) is 5.56 Å². The van der Waals surface area contributed by atoms with Crippen molar-refractivity contribution in [2.24, 2.45) is 0 Å². The number of nitrogens with one attached hydrogen (secondary N) is 1. The summed E-state index contributed by atoms with van der Waals surface area (Å²) in [6.07, 6.45) is 4.49. The summed E-state index contributed by atoms with van der Waals surface area (Å²) in [5.74, 6) is 0. The molecule has 126 valence electrons. The molecule has 0 aliphatic heterocycles. The molecule has 0 saturated carbocycles.